The van der Waals surface area contributed by atoms with E-state index < -0.39 is 23.7 Å². The maximum Gasteiger partial charge on any atom is 0.354 e. The third kappa shape index (κ3) is 2.71. The van der Waals surface area contributed by atoms with Crippen molar-refractivity contribution in [2.75, 3.05) is 13.1 Å². The molecule has 3 aliphatic rings. The highest BCUT2D eigenvalue weighted by Gasteiger charge is 2.69. The Kier molecular flexibility index (Phi) is 3.81. The monoisotopic (exact) mass is 353 g/mol. The minimum atomic E-state index is -2.58. The molecule has 1 amide bonds. The van der Waals surface area contributed by atoms with E-state index in [1.54, 1.807) is 4.90 Å². The van der Waals surface area contributed by atoms with Crippen LogP contribution >= 0.6 is 0 Å². The molecule has 2 saturated carbocycles. The molecule has 2 heterocycles. The SMILES string of the molecule is O=C(O)c1[nH]ncc1C1CCCN(C(=O)[C@@H]2CC[C@H]3[C@@H](C2)C3(F)F)C1. The molecule has 25 heavy (non-hydrogen) atoms. The molecule has 1 aromatic rings. The van der Waals surface area contributed by atoms with E-state index in [2.05, 4.69) is 10.2 Å². The molecule has 8 heteroatoms. The molecule has 136 valence electrons. The second-order valence-electron chi connectivity index (χ2n) is 7.53. The Balaban J connectivity index is 1.43. The van der Waals surface area contributed by atoms with Crippen LogP contribution in [-0.2, 0) is 4.79 Å². The van der Waals surface area contributed by atoms with Crippen LogP contribution in [0.4, 0.5) is 8.78 Å². The third-order valence-electron chi connectivity index (χ3n) is 6.13. The zero-order valence-corrected chi connectivity index (χ0v) is 13.8. The Labute approximate surface area is 143 Å². The van der Waals surface area contributed by atoms with Gasteiger partial charge in [-0.3, -0.25) is 9.89 Å². The second-order valence-corrected chi connectivity index (χ2v) is 7.53. The summed E-state index contributed by atoms with van der Waals surface area (Å²) in [5, 5.41) is 15.5. The number of aromatic carboxylic acids is 1. The van der Waals surface area contributed by atoms with Crippen LogP contribution in [0.25, 0.3) is 0 Å². The maximum absolute atomic E-state index is 13.6. The number of aromatic amines is 1. The second kappa shape index (κ2) is 5.78. The molecule has 0 radical (unpaired) electrons. The molecule has 4 rings (SSSR count). The van der Waals surface area contributed by atoms with Gasteiger partial charge in [0.1, 0.15) is 5.69 Å². The van der Waals surface area contributed by atoms with Crippen molar-refractivity contribution in [2.24, 2.45) is 17.8 Å². The first kappa shape index (κ1) is 16.5. The number of rotatable bonds is 3. The van der Waals surface area contributed by atoms with Gasteiger partial charge in [-0.2, -0.15) is 5.10 Å². The Bertz CT molecular complexity index is 705. The summed E-state index contributed by atoms with van der Waals surface area (Å²) in [4.78, 5) is 25.8. The van der Waals surface area contributed by atoms with E-state index in [0.717, 1.165) is 12.8 Å². The van der Waals surface area contributed by atoms with Gasteiger partial charge in [0.05, 0.1) is 6.20 Å². The average molecular weight is 353 g/mol. The van der Waals surface area contributed by atoms with Gasteiger partial charge in [-0.05, 0) is 32.1 Å². The molecule has 0 bridgehead atoms. The Morgan fingerprint density at radius 3 is 2.80 bits per heavy atom. The largest absolute Gasteiger partial charge is 0.477 e. The van der Waals surface area contributed by atoms with Crippen molar-refractivity contribution in [3.05, 3.63) is 17.5 Å². The number of carboxylic acid groups (broad SMARTS) is 1. The Morgan fingerprint density at radius 2 is 2.08 bits per heavy atom. The van der Waals surface area contributed by atoms with Crippen molar-refractivity contribution < 1.29 is 23.5 Å². The van der Waals surface area contributed by atoms with Crippen LogP contribution in [-0.4, -0.2) is 51.1 Å². The van der Waals surface area contributed by atoms with Crippen LogP contribution in [0.15, 0.2) is 6.20 Å². The lowest BCUT2D eigenvalue weighted by Crippen LogP contribution is -2.43. The molecule has 4 atom stereocenters. The standard InChI is InChI=1S/C17H21F2N3O3/c18-17(19)12-4-3-9(6-13(12)17)15(23)22-5-1-2-10(8-22)11-7-20-21-14(11)16(24)25/h7,9-10,12-13H,1-6,8H2,(H,20,21)(H,24,25)/t9-,10?,12+,13-/m1/s1. The average Bonchev–Trinajstić information content (AvgIpc) is 2.98. The summed E-state index contributed by atoms with van der Waals surface area (Å²) in [7, 11) is 0. The molecule has 3 fully saturated rings. The van der Waals surface area contributed by atoms with E-state index in [1.165, 1.54) is 6.20 Å². The number of alkyl halides is 2. The summed E-state index contributed by atoms with van der Waals surface area (Å²) < 4.78 is 27.1. The van der Waals surface area contributed by atoms with E-state index in [9.17, 15) is 23.5 Å². The smallest absolute Gasteiger partial charge is 0.354 e. The number of H-pyrrole nitrogens is 1. The number of nitrogens with one attached hydrogen (secondary N) is 1. The Morgan fingerprint density at radius 1 is 1.28 bits per heavy atom. The van der Waals surface area contributed by atoms with Crippen molar-refractivity contribution in [3.8, 4) is 0 Å². The van der Waals surface area contributed by atoms with Crippen LogP contribution in [0.5, 0.6) is 0 Å². The number of hydrogen-bond acceptors (Lipinski definition) is 3. The van der Waals surface area contributed by atoms with E-state index >= 15 is 0 Å². The number of carbonyl (C=O) groups is 2. The summed E-state index contributed by atoms with van der Waals surface area (Å²) in [5.41, 5.74) is 0.680. The fourth-order valence-electron chi connectivity index (χ4n) is 4.67. The fraction of sp³-hybridized carbons (Fsp3) is 0.706. The number of aromatic nitrogens is 2. The van der Waals surface area contributed by atoms with Crippen molar-refractivity contribution >= 4 is 11.9 Å². The molecule has 1 aromatic heterocycles. The van der Waals surface area contributed by atoms with Gasteiger partial charge < -0.3 is 10.0 Å². The van der Waals surface area contributed by atoms with Crippen LogP contribution in [0.3, 0.4) is 0 Å². The number of piperidine rings is 1. The zero-order valence-electron chi connectivity index (χ0n) is 13.8. The third-order valence-corrected chi connectivity index (χ3v) is 6.13. The molecular weight excluding hydrogens is 332 g/mol. The summed E-state index contributed by atoms with van der Waals surface area (Å²) in [6, 6.07) is 0. The van der Waals surface area contributed by atoms with Crippen molar-refractivity contribution in [2.45, 2.75) is 43.9 Å². The van der Waals surface area contributed by atoms with Gasteiger partial charge in [0.2, 0.25) is 5.91 Å². The normalized spacial score (nSPS) is 33.6. The number of halogens is 2. The lowest BCUT2D eigenvalue weighted by molar-refractivity contribution is -0.138. The first-order chi connectivity index (χ1) is 11.9. The van der Waals surface area contributed by atoms with Crippen molar-refractivity contribution in [3.63, 3.8) is 0 Å². The quantitative estimate of drug-likeness (QED) is 0.874. The first-order valence-electron chi connectivity index (χ1n) is 8.82. The highest BCUT2D eigenvalue weighted by Crippen LogP contribution is 2.63. The molecular formula is C17H21F2N3O3. The van der Waals surface area contributed by atoms with Crippen molar-refractivity contribution in [1.29, 1.82) is 0 Å². The molecule has 0 spiro atoms. The number of likely N-dealkylation sites (tertiary alicyclic amines) is 1. The van der Waals surface area contributed by atoms with Gasteiger partial charge in [0.15, 0.2) is 0 Å². The van der Waals surface area contributed by atoms with E-state index in [4.69, 9.17) is 0 Å². The summed E-state index contributed by atoms with van der Waals surface area (Å²) in [6.07, 6.45) is 4.31. The summed E-state index contributed by atoms with van der Waals surface area (Å²) in [5.74, 6) is -5.24. The Hall–Kier alpha value is -1.99. The van der Waals surface area contributed by atoms with Crippen LogP contribution in [0.1, 0.15) is 54.1 Å². The highest BCUT2D eigenvalue weighted by molar-refractivity contribution is 5.87. The number of carbonyl (C=O) groups excluding carboxylic acids is 1. The molecule has 2 aliphatic carbocycles. The number of amides is 1. The van der Waals surface area contributed by atoms with E-state index in [1.807, 2.05) is 0 Å². The number of hydrogen-bond donors (Lipinski definition) is 2. The van der Waals surface area contributed by atoms with Gasteiger partial charge in [-0.1, -0.05) is 0 Å². The van der Waals surface area contributed by atoms with E-state index in [-0.39, 0.29) is 29.9 Å². The van der Waals surface area contributed by atoms with E-state index in [0.29, 0.717) is 31.5 Å². The lowest BCUT2D eigenvalue weighted by atomic mass is 9.86. The van der Waals surface area contributed by atoms with Crippen LogP contribution in [0.2, 0.25) is 0 Å². The van der Waals surface area contributed by atoms with Crippen molar-refractivity contribution in [1.82, 2.24) is 15.1 Å². The number of nitrogens with zero attached hydrogens (tertiary/aromatic N) is 2. The topological polar surface area (TPSA) is 86.3 Å². The lowest BCUT2D eigenvalue weighted by Gasteiger charge is -2.35. The van der Waals surface area contributed by atoms with Crippen LogP contribution < -0.4 is 0 Å². The minimum Gasteiger partial charge on any atom is -0.477 e. The molecule has 0 aromatic carbocycles. The summed E-state index contributed by atoms with van der Waals surface area (Å²) in [6.45, 7) is 1.04. The molecule has 1 saturated heterocycles. The maximum atomic E-state index is 13.6. The number of fused-ring (bicyclic) bond motifs is 1. The molecule has 1 unspecified atom stereocenters. The predicted octanol–water partition coefficient (Wildman–Crippen LogP) is 2.50. The zero-order chi connectivity index (χ0) is 17.8. The molecule has 2 N–H and O–H groups in total. The number of carboxylic acids is 1. The molecule has 6 nitrogen and oxygen atoms in total. The van der Waals surface area contributed by atoms with Gasteiger partial charge in [0.25, 0.3) is 5.92 Å². The molecule has 1 aliphatic heterocycles. The summed E-state index contributed by atoms with van der Waals surface area (Å²) >= 11 is 0. The van der Waals surface area contributed by atoms with Crippen LogP contribution in [0, 0.1) is 17.8 Å². The highest BCUT2D eigenvalue weighted by atomic mass is 19.3. The van der Waals surface area contributed by atoms with Gasteiger partial charge in [-0.25, -0.2) is 13.6 Å². The minimum absolute atomic E-state index is 0.0498. The van der Waals surface area contributed by atoms with Gasteiger partial charge in [-0.15, -0.1) is 0 Å². The first-order valence-corrected chi connectivity index (χ1v) is 8.82. The van der Waals surface area contributed by atoms with Gasteiger partial charge >= 0.3 is 5.97 Å². The predicted molar refractivity (Wildman–Crippen MR) is 83.4 cm³/mol. The van der Waals surface area contributed by atoms with Gasteiger partial charge in [0, 0.05) is 42.3 Å². The fourth-order valence-corrected chi connectivity index (χ4v) is 4.67.